The molecule has 1 heterocycles. The fraction of sp³-hybridized carbons (Fsp3) is 0.800. The number of amides is 1. The van der Waals surface area contributed by atoms with Gasteiger partial charge in [-0.1, -0.05) is 32.4 Å². The molecule has 0 fully saturated rings. The van der Waals surface area contributed by atoms with Crippen LogP contribution in [0.1, 0.15) is 59.2 Å². The van der Waals surface area contributed by atoms with E-state index in [0.29, 0.717) is 12.5 Å². The Kier molecular flexibility index (Phi) is 7.36. The maximum atomic E-state index is 12.1. The average molecular weight is 295 g/mol. The molecule has 0 aliphatic carbocycles. The van der Waals surface area contributed by atoms with E-state index in [1.54, 1.807) is 4.68 Å². The first-order valence-electron chi connectivity index (χ1n) is 7.85. The van der Waals surface area contributed by atoms with Crippen molar-refractivity contribution in [2.75, 3.05) is 6.54 Å². The van der Waals surface area contributed by atoms with Crippen LogP contribution in [-0.4, -0.2) is 33.5 Å². The number of carbonyl (C=O) groups is 1. The summed E-state index contributed by atoms with van der Waals surface area (Å²) in [6, 6.07) is -0.142. The van der Waals surface area contributed by atoms with Crippen LogP contribution in [-0.2, 0) is 11.3 Å². The first-order chi connectivity index (χ1) is 9.93. The van der Waals surface area contributed by atoms with Crippen LogP contribution in [0.15, 0.2) is 6.20 Å². The molecule has 0 saturated heterocycles. The Bertz CT molecular complexity index is 429. The largest absolute Gasteiger partial charge is 0.352 e. The summed E-state index contributed by atoms with van der Waals surface area (Å²) in [6.45, 7) is 11.9. The van der Waals surface area contributed by atoms with E-state index in [-0.39, 0.29) is 18.0 Å². The number of aromatic nitrogens is 3. The van der Waals surface area contributed by atoms with Crippen molar-refractivity contribution in [3.8, 4) is 0 Å². The van der Waals surface area contributed by atoms with Crippen molar-refractivity contribution >= 4 is 5.91 Å². The highest BCUT2D eigenvalue weighted by atomic mass is 16.2. The number of nitrogens with one attached hydrogen (secondary N) is 2. The summed E-state index contributed by atoms with van der Waals surface area (Å²) < 4.78 is 1.63. The Balaban J connectivity index is 2.49. The van der Waals surface area contributed by atoms with Gasteiger partial charge in [-0.25, -0.2) is 4.68 Å². The summed E-state index contributed by atoms with van der Waals surface area (Å²) in [5, 5.41) is 14.5. The predicted octanol–water partition coefficient (Wildman–Crippen LogP) is 1.89. The summed E-state index contributed by atoms with van der Waals surface area (Å²) in [5.41, 5.74) is 0.858. The quantitative estimate of drug-likeness (QED) is 0.730. The molecule has 2 N–H and O–H groups in total. The molecule has 0 spiro atoms. The molecule has 0 saturated carbocycles. The van der Waals surface area contributed by atoms with E-state index >= 15 is 0 Å². The fourth-order valence-corrected chi connectivity index (χ4v) is 2.06. The van der Waals surface area contributed by atoms with E-state index in [2.05, 4.69) is 41.7 Å². The molecule has 0 radical (unpaired) electrons. The van der Waals surface area contributed by atoms with Crippen LogP contribution in [0.4, 0.5) is 0 Å². The molecule has 21 heavy (non-hydrogen) atoms. The van der Waals surface area contributed by atoms with Gasteiger partial charge in [0.15, 0.2) is 0 Å². The van der Waals surface area contributed by atoms with Crippen LogP contribution >= 0.6 is 0 Å². The molecule has 0 aliphatic heterocycles. The van der Waals surface area contributed by atoms with E-state index in [1.165, 1.54) is 0 Å². The molecule has 0 aliphatic rings. The third kappa shape index (κ3) is 6.25. The summed E-state index contributed by atoms with van der Waals surface area (Å²) in [4.78, 5) is 12.1. The Labute approximate surface area is 127 Å². The van der Waals surface area contributed by atoms with Gasteiger partial charge in [0, 0.05) is 12.6 Å². The second-order valence-electron chi connectivity index (χ2n) is 6.09. The monoisotopic (exact) mass is 295 g/mol. The second kappa shape index (κ2) is 8.77. The van der Waals surface area contributed by atoms with E-state index in [4.69, 9.17) is 0 Å². The normalized spacial score (nSPS) is 14.2. The Morgan fingerprint density at radius 1 is 1.33 bits per heavy atom. The fourth-order valence-electron chi connectivity index (χ4n) is 2.06. The third-order valence-electron chi connectivity index (χ3n) is 3.30. The SMILES string of the molecule is CCCC(C)NC(=O)C(C)n1cc(CNCC(C)C)nn1. The van der Waals surface area contributed by atoms with Gasteiger partial charge in [0.2, 0.25) is 5.91 Å². The molecular formula is C15H29N5O. The predicted molar refractivity (Wildman–Crippen MR) is 83.8 cm³/mol. The smallest absolute Gasteiger partial charge is 0.244 e. The number of rotatable bonds is 9. The van der Waals surface area contributed by atoms with E-state index in [9.17, 15) is 4.79 Å². The van der Waals surface area contributed by atoms with Crippen LogP contribution in [0, 0.1) is 5.92 Å². The molecule has 2 unspecified atom stereocenters. The van der Waals surface area contributed by atoms with Crippen molar-refractivity contribution in [3.05, 3.63) is 11.9 Å². The highest BCUT2D eigenvalue weighted by Gasteiger charge is 2.18. The van der Waals surface area contributed by atoms with Crippen molar-refractivity contribution in [2.45, 2.75) is 66.1 Å². The number of nitrogens with zero attached hydrogens (tertiary/aromatic N) is 3. The summed E-state index contributed by atoms with van der Waals surface area (Å²) in [5.74, 6) is 0.590. The van der Waals surface area contributed by atoms with Gasteiger partial charge in [0.05, 0.1) is 11.9 Å². The molecule has 2 atom stereocenters. The first-order valence-corrected chi connectivity index (χ1v) is 7.85. The number of hydrogen-bond donors (Lipinski definition) is 2. The minimum atomic E-state index is -0.337. The van der Waals surface area contributed by atoms with Crippen LogP contribution in [0.25, 0.3) is 0 Å². The molecule has 1 rings (SSSR count). The van der Waals surface area contributed by atoms with Gasteiger partial charge in [-0.15, -0.1) is 5.10 Å². The van der Waals surface area contributed by atoms with Crippen molar-refractivity contribution in [2.24, 2.45) is 5.92 Å². The molecule has 0 bridgehead atoms. The van der Waals surface area contributed by atoms with E-state index < -0.39 is 0 Å². The van der Waals surface area contributed by atoms with Crippen molar-refractivity contribution in [1.82, 2.24) is 25.6 Å². The molecule has 1 aromatic rings. The standard InChI is InChI=1S/C15H29N5O/c1-6-7-12(4)17-15(21)13(5)20-10-14(18-19-20)9-16-8-11(2)3/h10-13,16H,6-9H2,1-5H3,(H,17,21). The lowest BCUT2D eigenvalue weighted by Crippen LogP contribution is -2.37. The zero-order valence-electron chi connectivity index (χ0n) is 13.9. The minimum absolute atomic E-state index is 0.0115. The Morgan fingerprint density at radius 2 is 2.05 bits per heavy atom. The minimum Gasteiger partial charge on any atom is -0.352 e. The molecule has 0 aromatic carbocycles. The zero-order valence-corrected chi connectivity index (χ0v) is 13.9. The Morgan fingerprint density at radius 3 is 2.67 bits per heavy atom. The molecule has 6 nitrogen and oxygen atoms in total. The third-order valence-corrected chi connectivity index (χ3v) is 3.30. The van der Waals surface area contributed by atoms with Crippen molar-refractivity contribution in [1.29, 1.82) is 0 Å². The van der Waals surface area contributed by atoms with Gasteiger partial charge >= 0.3 is 0 Å². The second-order valence-corrected chi connectivity index (χ2v) is 6.09. The molecule has 1 amide bonds. The van der Waals surface area contributed by atoms with Crippen LogP contribution in [0.2, 0.25) is 0 Å². The van der Waals surface area contributed by atoms with Gasteiger partial charge in [-0.2, -0.15) is 0 Å². The van der Waals surface area contributed by atoms with Crippen LogP contribution < -0.4 is 10.6 Å². The lowest BCUT2D eigenvalue weighted by molar-refractivity contribution is -0.124. The van der Waals surface area contributed by atoms with Gasteiger partial charge in [-0.05, 0) is 32.7 Å². The van der Waals surface area contributed by atoms with Gasteiger partial charge in [0.1, 0.15) is 6.04 Å². The van der Waals surface area contributed by atoms with Gasteiger partial charge in [0.25, 0.3) is 0 Å². The van der Waals surface area contributed by atoms with E-state index in [1.807, 2.05) is 20.0 Å². The van der Waals surface area contributed by atoms with Crippen molar-refractivity contribution < 1.29 is 4.79 Å². The summed E-state index contributed by atoms with van der Waals surface area (Å²) in [7, 11) is 0. The maximum Gasteiger partial charge on any atom is 0.244 e. The molecule has 120 valence electrons. The van der Waals surface area contributed by atoms with Crippen LogP contribution in [0.3, 0.4) is 0 Å². The lowest BCUT2D eigenvalue weighted by atomic mass is 10.2. The summed E-state index contributed by atoms with van der Waals surface area (Å²) >= 11 is 0. The molecule has 1 aromatic heterocycles. The van der Waals surface area contributed by atoms with Gasteiger partial charge < -0.3 is 10.6 Å². The van der Waals surface area contributed by atoms with Crippen LogP contribution in [0.5, 0.6) is 0 Å². The Hall–Kier alpha value is -1.43. The van der Waals surface area contributed by atoms with Crippen molar-refractivity contribution in [3.63, 3.8) is 0 Å². The lowest BCUT2D eigenvalue weighted by Gasteiger charge is -2.16. The number of carbonyl (C=O) groups excluding carboxylic acids is 1. The first kappa shape index (κ1) is 17.6. The topological polar surface area (TPSA) is 71.8 Å². The number of hydrogen-bond acceptors (Lipinski definition) is 4. The average Bonchev–Trinajstić information content (AvgIpc) is 2.86. The molecular weight excluding hydrogens is 266 g/mol. The highest BCUT2D eigenvalue weighted by molar-refractivity contribution is 5.79. The maximum absolute atomic E-state index is 12.1. The highest BCUT2D eigenvalue weighted by Crippen LogP contribution is 2.06. The zero-order chi connectivity index (χ0) is 15.8. The summed E-state index contributed by atoms with van der Waals surface area (Å²) in [6.07, 6.45) is 3.88. The van der Waals surface area contributed by atoms with E-state index in [0.717, 1.165) is 25.1 Å². The molecule has 6 heteroatoms. The van der Waals surface area contributed by atoms with Gasteiger partial charge in [-0.3, -0.25) is 4.79 Å².